The third-order valence-corrected chi connectivity index (χ3v) is 4.90. The first kappa shape index (κ1) is 20.7. The molecule has 0 fully saturated rings. The molecular weight excluding hydrogens is 415 g/mol. The Bertz CT molecular complexity index is 1080. The summed E-state index contributed by atoms with van der Waals surface area (Å²) in [6, 6.07) is 12.1. The van der Waals surface area contributed by atoms with E-state index in [1.807, 2.05) is 6.07 Å². The van der Waals surface area contributed by atoms with Gasteiger partial charge in [-0.05, 0) is 48.9 Å². The van der Waals surface area contributed by atoms with Crippen LogP contribution < -0.4 is 14.9 Å². The number of H-pyrrole nitrogens is 1. The number of amides is 1. The van der Waals surface area contributed by atoms with E-state index in [1.54, 1.807) is 57.5 Å². The van der Waals surface area contributed by atoms with Crippen molar-refractivity contribution in [3.8, 4) is 22.8 Å². The van der Waals surface area contributed by atoms with E-state index in [2.05, 4.69) is 20.7 Å². The van der Waals surface area contributed by atoms with Crippen LogP contribution in [-0.2, 0) is 0 Å². The van der Waals surface area contributed by atoms with Gasteiger partial charge in [0.05, 0.1) is 35.7 Å². The molecule has 0 aliphatic carbocycles. The van der Waals surface area contributed by atoms with E-state index < -0.39 is 5.91 Å². The van der Waals surface area contributed by atoms with Crippen LogP contribution in [0.1, 0.15) is 23.0 Å². The summed E-state index contributed by atoms with van der Waals surface area (Å²) in [6.07, 6.45) is 0. The number of nitrogens with one attached hydrogen (secondary N) is 2. The largest absolute Gasteiger partial charge is 0.493 e. The number of halogens is 2. The van der Waals surface area contributed by atoms with Crippen LogP contribution in [0.2, 0.25) is 10.0 Å². The van der Waals surface area contributed by atoms with E-state index in [-0.39, 0.29) is 5.69 Å². The van der Waals surface area contributed by atoms with Crippen LogP contribution in [0.3, 0.4) is 0 Å². The van der Waals surface area contributed by atoms with Gasteiger partial charge in [-0.15, -0.1) is 0 Å². The van der Waals surface area contributed by atoms with Crippen molar-refractivity contribution in [1.82, 2.24) is 15.6 Å². The Morgan fingerprint density at radius 2 is 1.79 bits per heavy atom. The average molecular weight is 433 g/mol. The third-order valence-electron chi connectivity index (χ3n) is 4.16. The Labute approximate surface area is 177 Å². The molecule has 0 aliphatic heterocycles. The molecule has 0 saturated heterocycles. The zero-order valence-electron chi connectivity index (χ0n) is 15.9. The lowest BCUT2D eigenvalue weighted by atomic mass is 10.1. The Kier molecular flexibility index (Phi) is 6.41. The van der Waals surface area contributed by atoms with Gasteiger partial charge in [-0.2, -0.15) is 10.2 Å². The van der Waals surface area contributed by atoms with Crippen molar-refractivity contribution in [2.24, 2.45) is 5.10 Å². The lowest BCUT2D eigenvalue weighted by Gasteiger charge is -2.08. The number of hydrazone groups is 1. The van der Waals surface area contributed by atoms with Crippen LogP contribution in [0.4, 0.5) is 0 Å². The van der Waals surface area contributed by atoms with Crippen molar-refractivity contribution >= 4 is 34.8 Å². The zero-order valence-corrected chi connectivity index (χ0v) is 17.4. The van der Waals surface area contributed by atoms with E-state index in [0.29, 0.717) is 32.9 Å². The summed E-state index contributed by atoms with van der Waals surface area (Å²) in [6.45, 7) is 1.75. The Balaban J connectivity index is 1.74. The van der Waals surface area contributed by atoms with Gasteiger partial charge in [0.25, 0.3) is 5.91 Å². The fourth-order valence-corrected chi connectivity index (χ4v) is 2.86. The van der Waals surface area contributed by atoms with Crippen LogP contribution in [0, 0.1) is 0 Å². The molecule has 0 aliphatic rings. The van der Waals surface area contributed by atoms with E-state index in [1.165, 1.54) is 0 Å². The molecule has 9 heteroatoms. The first-order chi connectivity index (χ1) is 13.9. The molecule has 2 aromatic carbocycles. The minimum atomic E-state index is -0.427. The van der Waals surface area contributed by atoms with Crippen molar-refractivity contribution < 1.29 is 14.3 Å². The van der Waals surface area contributed by atoms with Crippen molar-refractivity contribution in [1.29, 1.82) is 0 Å². The van der Waals surface area contributed by atoms with E-state index in [0.717, 1.165) is 11.1 Å². The summed E-state index contributed by atoms with van der Waals surface area (Å²) in [4.78, 5) is 12.4. The van der Waals surface area contributed by atoms with Gasteiger partial charge < -0.3 is 9.47 Å². The van der Waals surface area contributed by atoms with Gasteiger partial charge in [-0.1, -0.05) is 29.3 Å². The number of carbonyl (C=O) groups excluding carboxylic acids is 1. The smallest absolute Gasteiger partial charge is 0.289 e. The Morgan fingerprint density at radius 1 is 1.03 bits per heavy atom. The van der Waals surface area contributed by atoms with Crippen LogP contribution in [0.5, 0.6) is 11.5 Å². The standard InChI is InChI=1S/C20H18Cl2N4O3/c1-11(12-4-6-14(21)15(22)8-12)23-26-20(27)17-10-16(24-25-17)13-5-7-18(28-2)19(9-13)29-3/h4-10H,1-3H3,(H,24,25)(H,26,27). The molecule has 0 spiro atoms. The maximum absolute atomic E-state index is 12.4. The number of methoxy groups -OCH3 is 2. The highest BCUT2D eigenvalue weighted by molar-refractivity contribution is 6.42. The summed E-state index contributed by atoms with van der Waals surface area (Å²) in [5.41, 5.74) is 5.44. The summed E-state index contributed by atoms with van der Waals surface area (Å²) in [5, 5.41) is 11.9. The first-order valence-electron chi connectivity index (χ1n) is 8.50. The second kappa shape index (κ2) is 8.98. The molecule has 0 unspecified atom stereocenters. The molecule has 150 valence electrons. The highest BCUT2D eigenvalue weighted by Crippen LogP contribution is 2.31. The second-order valence-electron chi connectivity index (χ2n) is 6.00. The Hall–Kier alpha value is -3.03. The van der Waals surface area contributed by atoms with E-state index >= 15 is 0 Å². The lowest BCUT2D eigenvalue weighted by molar-refractivity contribution is 0.0950. The predicted octanol–water partition coefficient (Wildman–Crippen LogP) is 4.55. The summed E-state index contributed by atoms with van der Waals surface area (Å²) < 4.78 is 10.5. The number of hydrogen-bond donors (Lipinski definition) is 2. The first-order valence-corrected chi connectivity index (χ1v) is 9.26. The van der Waals surface area contributed by atoms with Crippen molar-refractivity contribution in [3.63, 3.8) is 0 Å². The highest BCUT2D eigenvalue weighted by Gasteiger charge is 2.13. The minimum Gasteiger partial charge on any atom is -0.493 e. The molecule has 2 N–H and O–H groups in total. The highest BCUT2D eigenvalue weighted by atomic mass is 35.5. The van der Waals surface area contributed by atoms with Crippen molar-refractivity contribution in [2.75, 3.05) is 14.2 Å². The normalized spacial score (nSPS) is 11.3. The summed E-state index contributed by atoms with van der Waals surface area (Å²) in [5.74, 6) is 0.751. The molecule has 0 saturated carbocycles. The molecule has 1 aromatic heterocycles. The maximum atomic E-state index is 12.4. The van der Waals surface area contributed by atoms with Crippen LogP contribution in [0.25, 0.3) is 11.3 Å². The van der Waals surface area contributed by atoms with Gasteiger partial charge in [0.1, 0.15) is 5.69 Å². The Morgan fingerprint density at radius 3 is 2.48 bits per heavy atom. The minimum absolute atomic E-state index is 0.264. The summed E-state index contributed by atoms with van der Waals surface area (Å²) in [7, 11) is 3.12. The summed E-state index contributed by atoms with van der Waals surface area (Å²) >= 11 is 11.9. The monoisotopic (exact) mass is 432 g/mol. The predicted molar refractivity (Wildman–Crippen MR) is 113 cm³/mol. The molecule has 0 bridgehead atoms. The number of rotatable bonds is 6. The van der Waals surface area contributed by atoms with Gasteiger partial charge in [0, 0.05) is 5.56 Å². The van der Waals surface area contributed by atoms with Gasteiger partial charge in [0.2, 0.25) is 0 Å². The topological polar surface area (TPSA) is 88.6 Å². The number of benzene rings is 2. The molecule has 3 aromatic rings. The number of aromatic amines is 1. The molecule has 3 rings (SSSR count). The maximum Gasteiger partial charge on any atom is 0.289 e. The number of hydrogen-bond acceptors (Lipinski definition) is 5. The van der Waals surface area contributed by atoms with Gasteiger partial charge in [0.15, 0.2) is 11.5 Å². The third kappa shape index (κ3) is 4.70. The number of ether oxygens (including phenoxy) is 2. The van der Waals surface area contributed by atoms with Crippen LogP contribution in [0.15, 0.2) is 47.6 Å². The van der Waals surface area contributed by atoms with Gasteiger partial charge in [-0.3, -0.25) is 9.89 Å². The molecule has 0 atom stereocenters. The fourth-order valence-electron chi connectivity index (χ4n) is 2.56. The van der Waals surface area contributed by atoms with Crippen molar-refractivity contribution in [2.45, 2.75) is 6.92 Å². The molecule has 1 heterocycles. The number of carbonyl (C=O) groups is 1. The average Bonchev–Trinajstić information content (AvgIpc) is 3.23. The molecule has 0 radical (unpaired) electrons. The SMILES string of the molecule is COc1ccc(-c2cc(C(=O)NN=C(C)c3ccc(Cl)c(Cl)c3)[nH]n2)cc1OC. The van der Waals surface area contributed by atoms with E-state index in [9.17, 15) is 4.79 Å². The molecule has 1 amide bonds. The molecular formula is C20H18Cl2N4O3. The molecule has 29 heavy (non-hydrogen) atoms. The lowest BCUT2D eigenvalue weighted by Crippen LogP contribution is -2.19. The quantitative estimate of drug-likeness (QED) is 0.441. The van der Waals surface area contributed by atoms with E-state index in [4.69, 9.17) is 32.7 Å². The van der Waals surface area contributed by atoms with Crippen LogP contribution in [-0.4, -0.2) is 36.0 Å². The fraction of sp³-hybridized carbons (Fsp3) is 0.150. The van der Waals surface area contributed by atoms with Crippen LogP contribution >= 0.6 is 23.2 Å². The molecule has 7 nitrogen and oxygen atoms in total. The van der Waals surface area contributed by atoms with Crippen molar-refractivity contribution in [3.05, 3.63) is 63.8 Å². The second-order valence-corrected chi connectivity index (χ2v) is 6.82. The number of aromatic nitrogens is 2. The number of nitrogens with zero attached hydrogens (tertiary/aromatic N) is 2. The van der Waals surface area contributed by atoms with Gasteiger partial charge >= 0.3 is 0 Å². The zero-order chi connectivity index (χ0) is 21.0. The van der Waals surface area contributed by atoms with Gasteiger partial charge in [-0.25, -0.2) is 5.43 Å².